The highest BCUT2D eigenvalue weighted by Crippen LogP contribution is 2.25. The van der Waals surface area contributed by atoms with E-state index in [0.29, 0.717) is 5.16 Å². The Morgan fingerprint density at radius 2 is 2.11 bits per heavy atom. The molecule has 0 saturated heterocycles. The second-order valence-corrected chi connectivity index (χ2v) is 5.13. The van der Waals surface area contributed by atoms with Crippen LogP contribution in [0.1, 0.15) is 6.92 Å². The van der Waals surface area contributed by atoms with Crippen molar-refractivity contribution >= 4 is 17.7 Å². The van der Waals surface area contributed by atoms with E-state index in [1.54, 1.807) is 25.1 Å². The van der Waals surface area contributed by atoms with E-state index in [0.717, 1.165) is 16.4 Å². The third kappa shape index (κ3) is 2.68. The maximum absolute atomic E-state index is 13.6. The van der Waals surface area contributed by atoms with E-state index in [1.807, 2.05) is 0 Å². The van der Waals surface area contributed by atoms with Crippen molar-refractivity contribution in [3.63, 3.8) is 0 Å². The fraction of sp³-hybridized carbons (Fsp3) is 0.182. The van der Waals surface area contributed by atoms with Gasteiger partial charge in [-0.05, 0) is 19.1 Å². The monoisotopic (exact) mass is 281 g/mol. The van der Waals surface area contributed by atoms with Crippen molar-refractivity contribution in [3.8, 4) is 11.4 Å². The van der Waals surface area contributed by atoms with Crippen LogP contribution in [-0.2, 0) is 4.79 Å². The highest BCUT2D eigenvalue weighted by Gasteiger charge is 2.19. The number of aromatic nitrogens is 3. The van der Waals surface area contributed by atoms with Crippen LogP contribution in [0.3, 0.4) is 0 Å². The molecule has 1 amide bonds. The first-order valence-corrected chi connectivity index (χ1v) is 6.30. The molecule has 2 aromatic rings. The predicted molar refractivity (Wildman–Crippen MR) is 70.1 cm³/mol. The second kappa shape index (κ2) is 5.27. The molecule has 19 heavy (non-hydrogen) atoms. The number of primary amides is 1. The van der Waals surface area contributed by atoms with Crippen molar-refractivity contribution in [1.82, 2.24) is 14.9 Å². The van der Waals surface area contributed by atoms with Gasteiger partial charge < -0.3 is 11.6 Å². The molecule has 1 aromatic carbocycles. The van der Waals surface area contributed by atoms with Crippen molar-refractivity contribution in [1.29, 1.82) is 0 Å². The number of carbonyl (C=O) groups is 1. The molecule has 0 aliphatic heterocycles. The number of carbonyl (C=O) groups excluding carboxylic acids is 1. The van der Waals surface area contributed by atoms with Crippen LogP contribution in [0, 0.1) is 5.82 Å². The highest BCUT2D eigenvalue weighted by atomic mass is 32.2. The maximum Gasteiger partial charge on any atom is 0.230 e. The lowest BCUT2D eigenvalue weighted by atomic mass is 10.2. The average molecular weight is 281 g/mol. The Labute approximate surface area is 113 Å². The van der Waals surface area contributed by atoms with Gasteiger partial charge in [0.1, 0.15) is 5.82 Å². The molecule has 6 nitrogen and oxygen atoms in total. The van der Waals surface area contributed by atoms with Crippen molar-refractivity contribution < 1.29 is 9.18 Å². The lowest BCUT2D eigenvalue weighted by Gasteiger charge is -2.07. The fourth-order valence-electron chi connectivity index (χ4n) is 1.40. The molecule has 0 aliphatic rings. The lowest BCUT2D eigenvalue weighted by molar-refractivity contribution is -0.117. The van der Waals surface area contributed by atoms with Gasteiger partial charge in [-0.25, -0.2) is 9.07 Å². The zero-order valence-corrected chi connectivity index (χ0v) is 10.9. The molecule has 0 radical (unpaired) electrons. The van der Waals surface area contributed by atoms with Gasteiger partial charge in [0.2, 0.25) is 11.1 Å². The summed E-state index contributed by atoms with van der Waals surface area (Å²) in [5.41, 5.74) is 5.40. The Hall–Kier alpha value is -2.09. The number of benzene rings is 1. The van der Waals surface area contributed by atoms with Gasteiger partial charge >= 0.3 is 0 Å². The molecule has 1 unspecified atom stereocenters. The number of hydrogen-bond donors (Lipinski definition) is 2. The molecule has 1 heterocycles. The van der Waals surface area contributed by atoms with Crippen LogP contribution in [-0.4, -0.2) is 26.0 Å². The maximum atomic E-state index is 13.6. The van der Waals surface area contributed by atoms with Crippen molar-refractivity contribution in [2.45, 2.75) is 17.3 Å². The minimum absolute atomic E-state index is 0.192. The number of nitrogens with zero attached hydrogens (tertiary/aromatic N) is 3. The molecule has 0 spiro atoms. The molecule has 0 saturated carbocycles. The number of amides is 1. The summed E-state index contributed by atoms with van der Waals surface area (Å²) in [6, 6.07) is 6.10. The first-order valence-electron chi connectivity index (χ1n) is 5.42. The summed E-state index contributed by atoms with van der Waals surface area (Å²) < 4.78 is 14.8. The molecule has 0 fully saturated rings. The summed E-state index contributed by atoms with van der Waals surface area (Å²) in [6.45, 7) is 1.63. The predicted octanol–water partition coefficient (Wildman–Crippen LogP) is 0.764. The topological polar surface area (TPSA) is 99.8 Å². The number of nitrogen functional groups attached to an aromatic ring is 1. The molecule has 1 aromatic heterocycles. The van der Waals surface area contributed by atoms with Crippen LogP contribution < -0.4 is 11.6 Å². The van der Waals surface area contributed by atoms with E-state index in [2.05, 4.69) is 10.2 Å². The van der Waals surface area contributed by atoms with Gasteiger partial charge in [-0.15, -0.1) is 10.2 Å². The minimum atomic E-state index is -0.500. The number of hydrogen-bond acceptors (Lipinski definition) is 5. The number of halogens is 1. The normalized spacial score (nSPS) is 12.3. The summed E-state index contributed by atoms with van der Waals surface area (Å²) in [4.78, 5) is 11.0. The van der Waals surface area contributed by atoms with Gasteiger partial charge in [0.05, 0.1) is 10.8 Å². The minimum Gasteiger partial charge on any atom is -0.369 e. The van der Waals surface area contributed by atoms with Crippen LogP contribution in [0.2, 0.25) is 0 Å². The smallest absolute Gasteiger partial charge is 0.230 e. The third-order valence-electron chi connectivity index (χ3n) is 2.46. The Morgan fingerprint density at radius 1 is 1.42 bits per heavy atom. The molecule has 1 atom stereocenters. The Kier molecular flexibility index (Phi) is 3.70. The van der Waals surface area contributed by atoms with Gasteiger partial charge in [-0.3, -0.25) is 4.79 Å². The summed E-state index contributed by atoms with van der Waals surface area (Å²) in [7, 11) is 0. The van der Waals surface area contributed by atoms with Crippen molar-refractivity contribution in [2.75, 3.05) is 5.84 Å². The van der Waals surface area contributed by atoms with Crippen molar-refractivity contribution in [2.24, 2.45) is 5.73 Å². The van der Waals surface area contributed by atoms with Gasteiger partial charge in [0, 0.05) is 0 Å². The summed E-state index contributed by atoms with van der Waals surface area (Å²) in [5, 5.41) is 7.46. The van der Waals surface area contributed by atoms with E-state index in [4.69, 9.17) is 11.6 Å². The number of rotatable bonds is 4. The largest absolute Gasteiger partial charge is 0.369 e. The first-order chi connectivity index (χ1) is 9.00. The zero-order valence-electron chi connectivity index (χ0n) is 10.1. The van der Waals surface area contributed by atoms with Crippen LogP contribution in [0.15, 0.2) is 29.4 Å². The summed E-state index contributed by atoms with van der Waals surface area (Å²) in [6.07, 6.45) is 0. The Morgan fingerprint density at radius 3 is 2.74 bits per heavy atom. The summed E-state index contributed by atoms with van der Waals surface area (Å²) in [5.74, 6) is 5.07. The first kappa shape index (κ1) is 13.3. The quantitative estimate of drug-likeness (QED) is 0.636. The zero-order chi connectivity index (χ0) is 14.0. The third-order valence-corrected chi connectivity index (χ3v) is 3.54. The highest BCUT2D eigenvalue weighted by molar-refractivity contribution is 8.00. The molecular formula is C11H12FN5OS. The van der Waals surface area contributed by atoms with Gasteiger partial charge in [-0.1, -0.05) is 23.9 Å². The molecule has 0 bridgehead atoms. The molecule has 0 aliphatic carbocycles. The van der Waals surface area contributed by atoms with Crippen LogP contribution in [0.5, 0.6) is 0 Å². The summed E-state index contributed by atoms with van der Waals surface area (Å²) >= 11 is 1.07. The second-order valence-electron chi connectivity index (χ2n) is 3.82. The number of thioether (sulfide) groups is 1. The molecular weight excluding hydrogens is 269 g/mol. The van der Waals surface area contributed by atoms with Crippen LogP contribution in [0.4, 0.5) is 4.39 Å². The van der Waals surface area contributed by atoms with E-state index in [-0.39, 0.29) is 11.4 Å². The van der Waals surface area contributed by atoms with Crippen LogP contribution in [0.25, 0.3) is 11.4 Å². The Balaban J connectivity index is 2.34. The van der Waals surface area contributed by atoms with Crippen molar-refractivity contribution in [3.05, 3.63) is 30.1 Å². The number of nitrogens with two attached hydrogens (primary N) is 2. The molecule has 8 heteroatoms. The van der Waals surface area contributed by atoms with E-state index >= 15 is 0 Å². The van der Waals surface area contributed by atoms with Gasteiger partial charge in [0.15, 0.2) is 5.82 Å². The molecule has 2 rings (SSSR count). The van der Waals surface area contributed by atoms with Gasteiger partial charge in [0.25, 0.3) is 0 Å². The Bertz CT molecular complexity index is 615. The van der Waals surface area contributed by atoms with E-state index < -0.39 is 17.0 Å². The fourth-order valence-corrected chi connectivity index (χ4v) is 2.12. The van der Waals surface area contributed by atoms with E-state index in [1.165, 1.54) is 6.07 Å². The standard InChI is InChI=1S/C11H12FN5OS/c1-6(9(13)18)19-11-16-15-10(17(11)14)7-4-2-3-5-8(7)12/h2-6H,14H2,1H3,(H2,13,18). The molecule has 100 valence electrons. The SMILES string of the molecule is CC(Sc1nnc(-c2ccccc2F)n1N)C(N)=O. The molecule has 4 N–H and O–H groups in total. The lowest BCUT2D eigenvalue weighted by Crippen LogP contribution is -2.23. The van der Waals surface area contributed by atoms with Crippen LogP contribution >= 0.6 is 11.8 Å². The van der Waals surface area contributed by atoms with Gasteiger partial charge in [-0.2, -0.15) is 0 Å². The van der Waals surface area contributed by atoms with E-state index in [9.17, 15) is 9.18 Å². The average Bonchev–Trinajstić information content (AvgIpc) is 2.72.